The molecule has 1 aromatic carbocycles. The van der Waals surface area contributed by atoms with Crippen LogP contribution in [0.3, 0.4) is 0 Å². The Bertz CT molecular complexity index is 680. The molecule has 0 radical (unpaired) electrons. The molecule has 0 aliphatic carbocycles. The molecule has 1 amide bonds. The van der Waals surface area contributed by atoms with Gasteiger partial charge in [0, 0.05) is 26.2 Å². The Morgan fingerprint density at radius 3 is 1.92 bits per heavy atom. The van der Waals surface area contributed by atoms with E-state index in [-0.39, 0.29) is 5.91 Å². The first-order valence-electron chi connectivity index (χ1n) is 8.87. The van der Waals surface area contributed by atoms with Gasteiger partial charge in [-0.1, -0.05) is 57.1 Å². The summed E-state index contributed by atoms with van der Waals surface area (Å²) in [6.45, 7) is 10.9. The van der Waals surface area contributed by atoms with E-state index in [4.69, 9.17) is 11.2 Å². The van der Waals surface area contributed by atoms with Crippen LogP contribution in [0.5, 0.6) is 0 Å². The summed E-state index contributed by atoms with van der Waals surface area (Å²) >= 11 is 7.32. The number of hydrogen-bond donors (Lipinski definition) is 0. The summed E-state index contributed by atoms with van der Waals surface area (Å²) in [4.78, 5) is 13.3. The Morgan fingerprint density at radius 1 is 1.00 bits per heavy atom. The molecular formula is C18H28ClN4OP. The molecule has 0 bridgehead atoms. The first kappa shape index (κ1) is 20.2. The smallest absolute Gasteiger partial charge is 0.266 e. The molecule has 25 heavy (non-hydrogen) atoms. The van der Waals surface area contributed by atoms with Crippen molar-refractivity contribution < 1.29 is 4.79 Å². The molecule has 2 rings (SSSR count). The number of benzene rings is 1. The highest BCUT2D eigenvalue weighted by atomic mass is 35.7. The van der Waals surface area contributed by atoms with Crippen molar-refractivity contribution in [3.05, 3.63) is 30.3 Å². The average Bonchev–Trinajstić information content (AvgIpc) is 2.92. The molecular weight excluding hydrogens is 355 g/mol. The predicted octanol–water partition coefficient (Wildman–Crippen LogP) is 4.27. The summed E-state index contributed by atoms with van der Waals surface area (Å²) in [7, 11) is 0. The summed E-state index contributed by atoms with van der Waals surface area (Å²) in [5.41, 5.74) is 1.49. The third kappa shape index (κ3) is 3.56. The van der Waals surface area contributed by atoms with E-state index < -0.39 is 6.54 Å². The van der Waals surface area contributed by atoms with Gasteiger partial charge in [0.1, 0.15) is 11.8 Å². The fourth-order valence-corrected chi connectivity index (χ4v) is 8.31. The van der Waals surface area contributed by atoms with Crippen molar-refractivity contribution in [1.29, 1.82) is 0 Å². The summed E-state index contributed by atoms with van der Waals surface area (Å²) in [5.74, 6) is -0.106. The molecule has 5 nitrogen and oxygen atoms in total. The van der Waals surface area contributed by atoms with E-state index in [9.17, 15) is 4.79 Å². The lowest BCUT2D eigenvalue weighted by atomic mass is 10.3. The number of anilines is 1. The summed E-state index contributed by atoms with van der Waals surface area (Å²) in [5, 5.41) is 6.68. The molecule has 0 spiro atoms. The minimum Gasteiger partial charge on any atom is -0.266 e. The maximum Gasteiger partial charge on any atom is 0.284 e. The molecule has 0 aromatic heterocycles. The number of halogens is 1. The van der Waals surface area contributed by atoms with Crippen molar-refractivity contribution in [1.82, 2.24) is 9.34 Å². The number of hydrogen-bond acceptors (Lipinski definition) is 4. The molecule has 7 heteroatoms. The van der Waals surface area contributed by atoms with E-state index in [0.29, 0.717) is 5.29 Å². The van der Waals surface area contributed by atoms with Crippen LogP contribution in [0.1, 0.15) is 34.6 Å². The third-order valence-corrected chi connectivity index (χ3v) is 9.99. The van der Waals surface area contributed by atoms with Crippen molar-refractivity contribution in [2.45, 2.75) is 34.6 Å². The molecule has 1 aliphatic rings. The zero-order valence-electron chi connectivity index (χ0n) is 15.7. The maximum atomic E-state index is 13.3. The predicted molar refractivity (Wildman–Crippen MR) is 111 cm³/mol. The molecule has 1 heterocycles. The van der Waals surface area contributed by atoms with Crippen LogP contribution < -0.4 is 5.01 Å². The van der Waals surface area contributed by atoms with Crippen LogP contribution in [-0.2, 0) is 4.79 Å². The number of nitrogens with zero attached hydrogens (tertiary/aromatic N) is 4. The first-order valence-corrected chi connectivity index (χ1v) is 11.5. The number of amides is 1. The number of para-hydroxylation sites is 1. The Labute approximate surface area is 156 Å². The number of carbonyl (C=O) groups excluding carboxylic acids is 1. The fourth-order valence-electron chi connectivity index (χ4n) is 3.23. The lowest BCUT2D eigenvalue weighted by Gasteiger charge is -2.40. The Morgan fingerprint density at radius 2 is 1.48 bits per heavy atom. The lowest BCUT2D eigenvalue weighted by Crippen LogP contribution is -2.37. The van der Waals surface area contributed by atoms with Gasteiger partial charge in [0.2, 0.25) is 0 Å². The fraction of sp³-hybridized carbons (Fsp3) is 0.500. The quantitative estimate of drug-likeness (QED) is 0.661. The largest absolute Gasteiger partial charge is 0.284 e. The highest BCUT2D eigenvalue weighted by Gasteiger charge is 2.41. The van der Waals surface area contributed by atoms with Crippen LogP contribution in [0.4, 0.5) is 5.69 Å². The topological polar surface area (TPSA) is 39.2 Å². The lowest BCUT2D eigenvalue weighted by molar-refractivity contribution is -0.112. The Balaban J connectivity index is 2.67. The van der Waals surface area contributed by atoms with Crippen LogP contribution >= 0.6 is 17.8 Å². The van der Waals surface area contributed by atoms with Gasteiger partial charge >= 0.3 is 0 Å². The standard InChI is InChI=1S/C18H28ClN4OP/c1-6-21(7-2)25(19,22(8-3)9-4)17-15(5)20-23(18(17)24)16-13-11-10-12-14-16/h10-14H,6-9H2,1-5H3. The third-order valence-electron chi connectivity index (χ3n) is 4.48. The van der Waals surface area contributed by atoms with Crippen molar-refractivity contribution in [2.75, 3.05) is 31.2 Å². The van der Waals surface area contributed by atoms with Crippen molar-refractivity contribution in [3.8, 4) is 0 Å². The zero-order chi connectivity index (χ0) is 18.6. The molecule has 0 fully saturated rings. The van der Waals surface area contributed by atoms with Crippen LogP contribution in [0.25, 0.3) is 0 Å². The van der Waals surface area contributed by atoms with Gasteiger partial charge in [0.25, 0.3) is 5.91 Å². The molecule has 1 aromatic rings. The summed E-state index contributed by atoms with van der Waals surface area (Å²) < 4.78 is 4.45. The maximum absolute atomic E-state index is 13.3. The van der Waals surface area contributed by atoms with Crippen LogP contribution in [0, 0.1) is 0 Å². The monoisotopic (exact) mass is 382 g/mol. The van der Waals surface area contributed by atoms with Gasteiger partial charge in [-0.3, -0.25) is 14.1 Å². The molecule has 0 unspecified atom stereocenters. The highest BCUT2D eigenvalue weighted by molar-refractivity contribution is 7.97. The van der Waals surface area contributed by atoms with E-state index in [0.717, 1.165) is 37.6 Å². The normalized spacial score (nSPS) is 15.5. The molecule has 0 atom stereocenters. The molecule has 0 saturated heterocycles. The minimum atomic E-state index is -2.47. The highest BCUT2D eigenvalue weighted by Crippen LogP contribution is 2.61. The van der Waals surface area contributed by atoms with E-state index in [1.165, 1.54) is 5.01 Å². The van der Waals surface area contributed by atoms with E-state index in [1.54, 1.807) is 0 Å². The second kappa shape index (κ2) is 8.50. The van der Waals surface area contributed by atoms with Crippen LogP contribution in [0.2, 0.25) is 0 Å². The molecule has 1 aliphatic heterocycles. The molecule has 0 N–H and O–H groups in total. The minimum absolute atomic E-state index is 0.106. The van der Waals surface area contributed by atoms with Crippen molar-refractivity contribution >= 4 is 40.4 Å². The Hall–Kier alpha value is -1.13. The van der Waals surface area contributed by atoms with Gasteiger partial charge in [0.15, 0.2) is 0 Å². The van der Waals surface area contributed by atoms with E-state index in [1.807, 2.05) is 37.3 Å². The van der Waals surface area contributed by atoms with Gasteiger partial charge in [0.05, 0.1) is 11.4 Å². The molecule has 0 saturated carbocycles. The van der Waals surface area contributed by atoms with Gasteiger partial charge in [-0.25, -0.2) is 0 Å². The van der Waals surface area contributed by atoms with Gasteiger partial charge in [-0.2, -0.15) is 10.1 Å². The summed E-state index contributed by atoms with van der Waals surface area (Å²) in [6, 6.07) is 9.52. The second-order valence-electron chi connectivity index (χ2n) is 5.79. The van der Waals surface area contributed by atoms with Crippen molar-refractivity contribution in [2.24, 2.45) is 5.10 Å². The summed E-state index contributed by atoms with van der Waals surface area (Å²) in [6.07, 6.45) is 0. The number of rotatable bonds is 7. The SMILES string of the molecule is CCN(CC)P(Cl)(=C1C(=O)N(c2ccccc2)N=C1C)N(CC)CC. The zero-order valence-corrected chi connectivity index (χ0v) is 17.4. The van der Waals surface area contributed by atoms with Crippen LogP contribution in [0.15, 0.2) is 35.4 Å². The van der Waals surface area contributed by atoms with Gasteiger partial charge in [-0.05, 0) is 19.1 Å². The Kier molecular flexibility index (Phi) is 6.86. The average molecular weight is 383 g/mol. The number of carbonyl (C=O) groups is 1. The van der Waals surface area contributed by atoms with Crippen molar-refractivity contribution in [3.63, 3.8) is 0 Å². The second-order valence-corrected chi connectivity index (χ2v) is 9.83. The van der Waals surface area contributed by atoms with Crippen LogP contribution in [-0.4, -0.2) is 52.4 Å². The van der Waals surface area contributed by atoms with Gasteiger partial charge < -0.3 is 0 Å². The molecule has 138 valence electrons. The first-order chi connectivity index (χ1) is 11.9. The van der Waals surface area contributed by atoms with Gasteiger partial charge in [-0.15, -0.1) is 0 Å². The van der Waals surface area contributed by atoms with E-state index >= 15 is 0 Å². The number of hydrazone groups is 1. The van der Waals surface area contributed by atoms with E-state index in [2.05, 4.69) is 42.1 Å².